The summed E-state index contributed by atoms with van der Waals surface area (Å²) in [7, 11) is 0. The quantitative estimate of drug-likeness (QED) is 0.357. The zero-order valence-electron chi connectivity index (χ0n) is 16.4. The van der Waals surface area contributed by atoms with E-state index >= 15 is 0 Å². The molecule has 0 amide bonds. The molecule has 148 valence electrons. The molecule has 29 heavy (non-hydrogen) atoms. The van der Waals surface area contributed by atoms with E-state index in [0.717, 1.165) is 16.5 Å². The monoisotopic (exact) mass is 392 g/mol. The number of fused-ring (bicyclic) bond motifs is 2. The summed E-state index contributed by atoms with van der Waals surface area (Å²) in [5, 5.41) is 1.59. The van der Waals surface area contributed by atoms with Crippen LogP contribution in [0.2, 0.25) is 0 Å². The van der Waals surface area contributed by atoms with Gasteiger partial charge in [-0.3, -0.25) is 0 Å². The first-order valence-electron chi connectivity index (χ1n) is 9.30. The van der Waals surface area contributed by atoms with Crippen LogP contribution in [0.4, 0.5) is 0 Å². The highest BCUT2D eigenvalue weighted by Crippen LogP contribution is 2.35. The van der Waals surface area contributed by atoms with Gasteiger partial charge in [-0.2, -0.15) is 0 Å². The molecule has 4 rings (SSSR count). The lowest BCUT2D eigenvalue weighted by Gasteiger charge is -2.12. The summed E-state index contributed by atoms with van der Waals surface area (Å²) in [6, 6.07) is 14.4. The smallest absolute Gasteiger partial charge is 0.344 e. The van der Waals surface area contributed by atoms with Gasteiger partial charge in [0.15, 0.2) is 6.61 Å². The van der Waals surface area contributed by atoms with E-state index in [-0.39, 0.29) is 12.7 Å². The van der Waals surface area contributed by atoms with E-state index in [2.05, 4.69) is 0 Å². The van der Waals surface area contributed by atoms with Crippen molar-refractivity contribution in [2.24, 2.45) is 0 Å². The maximum absolute atomic E-state index is 12.1. The van der Waals surface area contributed by atoms with E-state index in [0.29, 0.717) is 28.0 Å². The highest BCUT2D eigenvalue weighted by atomic mass is 16.6. The molecule has 0 N–H and O–H groups in total. The third-order valence-electron chi connectivity index (χ3n) is 4.44. The molecule has 6 nitrogen and oxygen atoms in total. The molecule has 6 heteroatoms. The third-order valence-corrected chi connectivity index (χ3v) is 4.44. The molecule has 0 radical (unpaired) electrons. The van der Waals surface area contributed by atoms with Gasteiger partial charge in [0.1, 0.15) is 22.7 Å². The Labute approximate surface area is 166 Å². The molecule has 0 unspecified atom stereocenters. The van der Waals surface area contributed by atoms with Crippen molar-refractivity contribution in [3.05, 3.63) is 64.5 Å². The summed E-state index contributed by atoms with van der Waals surface area (Å²) in [6.45, 7) is 5.17. The average Bonchev–Trinajstić information content (AvgIpc) is 3.09. The number of para-hydroxylation sites is 1. The Morgan fingerprint density at radius 1 is 1.03 bits per heavy atom. The number of hydrogen-bond donors (Lipinski definition) is 0. The van der Waals surface area contributed by atoms with Gasteiger partial charge in [0, 0.05) is 22.4 Å². The highest BCUT2D eigenvalue weighted by molar-refractivity contribution is 5.95. The van der Waals surface area contributed by atoms with Crippen LogP contribution < -0.4 is 10.4 Å². The van der Waals surface area contributed by atoms with Crippen molar-refractivity contribution < 1.29 is 23.1 Å². The zero-order valence-corrected chi connectivity index (χ0v) is 16.4. The van der Waals surface area contributed by atoms with E-state index in [9.17, 15) is 9.59 Å². The Morgan fingerprint density at radius 2 is 1.83 bits per heavy atom. The SMILES string of the molecule is Cc1cc2oc(=O)cc(-c3cc4ccccc4o3)c2cc1OCC(=O)OC(C)C. The van der Waals surface area contributed by atoms with Crippen LogP contribution in [0.3, 0.4) is 0 Å². The second-order valence-electron chi connectivity index (χ2n) is 7.07. The van der Waals surface area contributed by atoms with E-state index in [1.54, 1.807) is 26.0 Å². The molecular weight excluding hydrogens is 372 g/mol. The fourth-order valence-electron chi connectivity index (χ4n) is 3.20. The number of hydrogen-bond acceptors (Lipinski definition) is 6. The molecular formula is C23H20O6. The maximum atomic E-state index is 12.1. The maximum Gasteiger partial charge on any atom is 0.344 e. The normalized spacial score (nSPS) is 11.3. The lowest BCUT2D eigenvalue weighted by molar-refractivity contribution is -0.149. The molecule has 0 bridgehead atoms. The van der Waals surface area contributed by atoms with E-state index in [1.807, 2.05) is 37.3 Å². The number of esters is 1. The van der Waals surface area contributed by atoms with Gasteiger partial charge in [0.05, 0.1) is 6.10 Å². The van der Waals surface area contributed by atoms with Crippen molar-refractivity contribution in [3.63, 3.8) is 0 Å². The number of carbonyl (C=O) groups excluding carboxylic acids is 1. The summed E-state index contributed by atoms with van der Waals surface area (Å²) in [4.78, 5) is 23.9. The molecule has 0 aliphatic rings. The molecule has 2 heterocycles. The number of ether oxygens (including phenoxy) is 2. The van der Waals surface area contributed by atoms with Crippen LogP contribution >= 0.6 is 0 Å². The molecule has 2 aromatic heterocycles. The second-order valence-corrected chi connectivity index (χ2v) is 7.07. The summed E-state index contributed by atoms with van der Waals surface area (Å²) in [6.07, 6.45) is -0.210. The van der Waals surface area contributed by atoms with Crippen LogP contribution in [0.5, 0.6) is 5.75 Å². The lowest BCUT2D eigenvalue weighted by Crippen LogP contribution is -2.19. The van der Waals surface area contributed by atoms with Gasteiger partial charge in [-0.25, -0.2) is 9.59 Å². The minimum absolute atomic E-state index is 0.207. The van der Waals surface area contributed by atoms with Gasteiger partial charge in [-0.15, -0.1) is 0 Å². The molecule has 0 atom stereocenters. The Balaban J connectivity index is 1.78. The molecule has 0 aliphatic heterocycles. The van der Waals surface area contributed by atoms with Gasteiger partial charge in [-0.1, -0.05) is 18.2 Å². The van der Waals surface area contributed by atoms with Crippen LogP contribution in [0, 0.1) is 6.92 Å². The number of carbonyl (C=O) groups is 1. The van der Waals surface area contributed by atoms with Crippen molar-refractivity contribution in [2.75, 3.05) is 6.61 Å². The summed E-state index contributed by atoms with van der Waals surface area (Å²) < 4.78 is 22.1. The predicted molar refractivity (Wildman–Crippen MR) is 109 cm³/mol. The topological polar surface area (TPSA) is 78.9 Å². The predicted octanol–water partition coefficient (Wildman–Crippen LogP) is 4.85. The fraction of sp³-hybridized carbons (Fsp3) is 0.217. The fourth-order valence-corrected chi connectivity index (χ4v) is 3.20. The number of benzene rings is 2. The van der Waals surface area contributed by atoms with Crippen molar-refractivity contribution >= 4 is 27.9 Å². The molecule has 0 spiro atoms. The van der Waals surface area contributed by atoms with Crippen LogP contribution in [-0.4, -0.2) is 18.7 Å². The largest absolute Gasteiger partial charge is 0.482 e. The van der Waals surface area contributed by atoms with Gasteiger partial charge >= 0.3 is 11.6 Å². The van der Waals surface area contributed by atoms with E-state index in [1.165, 1.54) is 6.07 Å². The second kappa shape index (κ2) is 7.47. The van der Waals surface area contributed by atoms with Crippen molar-refractivity contribution in [2.45, 2.75) is 26.9 Å². The standard InChI is InChI=1S/C23H20O6/c1-13(2)27-23(25)12-26-19-10-16-17(11-22(24)29-20(16)8-14(19)3)21-9-15-6-4-5-7-18(15)28-21/h4-11,13H,12H2,1-3H3. The number of aryl methyl sites for hydroxylation is 1. The first-order chi connectivity index (χ1) is 13.9. The molecule has 0 saturated heterocycles. The minimum atomic E-state index is -0.471. The molecule has 2 aromatic carbocycles. The molecule has 0 aliphatic carbocycles. The van der Waals surface area contributed by atoms with Gasteiger partial charge in [0.2, 0.25) is 0 Å². The van der Waals surface area contributed by atoms with Gasteiger partial charge < -0.3 is 18.3 Å². The summed E-state index contributed by atoms with van der Waals surface area (Å²) >= 11 is 0. The zero-order chi connectivity index (χ0) is 20.5. The van der Waals surface area contributed by atoms with Crippen molar-refractivity contribution in [1.29, 1.82) is 0 Å². The minimum Gasteiger partial charge on any atom is -0.482 e. The first kappa shape index (κ1) is 18.8. The Kier molecular flexibility index (Phi) is 4.84. The van der Waals surface area contributed by atoms with Crippen LogP contribution in [0.1, 0.15) is 19.4 Å². The van der Waals surface area contributed by atoms with Crippen LogP contribution in [-0.2, 0) is 9.53 Å². The van der Waals surface area contributed by atoms with Crippen LogP contribution in [0.25, 0.3) is 33.3 Å². The Hall–Kier alpha value is -3.54. The number of rotatable bonds is 5. The lowest BCUT2D eigenvalue weighted by atomic mass is 10.0. The Bertz CT molecular complexity index is 1230. The highest BCUT2D eigenvalue weighted by Gasteiger charge is 2.16. The number of furan rings is 1. The van der Waals surface area contributed by atoms with E-state index < -0.39 is 11.6 Å². The third kappa shape index (κ3) is 3.87. The van der Waals surface area contributed by atoms with E-state index in [4.69, 9.17) is 18.3 Å². The average molecular weight is 392 g/mol. The van der Waals surface area contributed by atoms with Crippen molar-refractivity contribution in [3.8, 4) is 17.1 Å². The van der Waals surface area contributed by atoms with Gasteiger partial charge in [-0.05, 0) is 50.6 Å². The van der Waals surface area contributed by atoms with Gasteiger partial charge in [0.25, 0.3) is 0 Å². The molecule has 0 saturated carbocycles. The first-order valence-corrected chi connectivity index (χ1v) is 9.30. The Morgan fingerprint density at radius 3 is 2.59 bits per heavy atom. The molecule has 0 fully saturated rings. The molecule has 4 aromatic rings. The van der Waals surface area contributed by atoms with Crippen molar-refractivity contribution in [1.82, 2.24) is 0 Å². The summed E-state index contributed by atoms with van der Waals surface area (Å²) in [5.74, 6) is 0.610. The summed E-state index contributed by atoms with van der Waals surface area (Å²) in [5.41, 5.74) is 2.01. The van der Waals surface area contributed by atoms with Crippen LogP contribution in [0.15, 0.2) is 62.2 Å².